The summed E-state index contributed by atoms with van der Waals surface area (Å²) in [6.45, 7) is 4.14. The highest BCUT2D eigenvalue weighted by molar-refractivity contribution is 6.09. The van der Waals surface area contributed by atoms with Gasteiger partial charge in [0.15, 0.2) is 5.78 Å². The highest BCUT2D eigenvalue weighted by Crippen LogP contribution is 2.24. The maximum absolute atomic E-state index is 12.9. The number of nitrogens with zero attached hydrogens (tertiary/aromatic N) is 1. The van der Waals surface area contributed by atoms with Crippen LogP contribution in [0.3, 0.4) is 0 Å². The van der Waals surface area contributed by atoms with Crippen molar-refractivity contribution in [2.45, 2.75) is 19.4 Å². The molecule has 4 heteroatoms. The number of rotatable bonds is 5. The number of ketones is 1. The molecule has 0 spiro atoms. The zero-order valence-electron chi connectivity index (χ0n) is 12.2. The third-order valence-corrected chi connectivity index (χ3v) is 4.02. The van der Waals surface area contributed by atoms with Crippen molar-refractivity contribution < 1.29 is 9.53 Å². The smallest absolute Gasteiger partial charge is 0.170 e. The highest BCUT2D eigenvalue weighted by atomic mass is 16.5. The largest absolute Gasteiger partial charge is 0.379 e. The minimum Gasteiger partial charge on any atom is -0.379 e. The molecule has 0 saturated carbocycles. The summed E-state index contributed by atoms with van der Waals surface area (Å²) < 4.78 is 5.52. The van der Waals surface area contributed by atoms with E-state index < -0.39 is 0 Å². The Morgan fingerprint density at radius 1 is 1.38 bits per heavy atom. The van der Waals surface area contributed by atoms with E-state index in [4.69, 9.17) is 4.74 Å². The van der Waals surface area contributed by atoms with Gasteiger partial charge in [-0.1, -0.05) is 25.1 Å². The van der Waals surface area contributed by atoms with E-state index in [0.29, 0.717) is 13.2 Å². The van der Waals surface area contributed by atoms with Gasteiger partial charge in [-0.3, -0.25) is 9.78 Å². The Morgan fingerprint density at radius 2 is 2.29 bits per heavy atom. The van der Waals surface area contributed by atoms with Crippen LogP contribution in [-0.2, 0) is 4.74 Å². The van der Waals surface area contributed by atoms with Crippen LogP contribution in [0.15, 0.2) is 36.7 Å². The number of Topliss-reactive ketones (excluding diaryl/α,β-unsaturated/α-hetero) is 1. The van der Waals surface area contributed by atoms with Crippen LogP contribution in [0.25, 0.3) is 10.8 Å². The van der Waals surface area contributed by atoms with Crippen LogP contribution in [0.1, 0.15) is 23.7 Å². The summed E-state index contributed by atoms with van der Waals surface area (Å²) in [5.74, 6) is 0.0436. The summed E-state index contributed by atoms with van der Waals surface area (Å²) in [6.07, 6.45) is 4.57. The summed E-state index contributed by atoms with van der Waals surface area (Å²) in [7, 11) is 0. The van der Waals surface area contributed by atoms with Crippen LogP contribution in [0.4, 0.5) is 0 Å². The van der Waals surface area contributed by atoms with Crippen molar-refractivity contribution in [2.75, 3.05) is 19.8 Å². The Hall–Kier alpha value is -1.78. The Bertz CT molecular complexity index is 636. The Morgan fingerprint density at radius 3 is 3.14 bits per heavy atom. The molecule has 1 aromatic carbocycles. The second-order valence-corrected chi connectivity index (χ2v) is 5.47. The lowest BCUT2D eigenvalue weighted by molar-refractivity contribution is 0.0893. The van der Waals surface area contributed by atoms with Crippen LogP contribution < -0.4 is 5.32 Å². The first kappa shape index (κ1) is 14.2. The predicted molar refractivity (Wildman–Crippen MR) is 82.5 cm³/mol. The third-order valence-electron chi connectivity index (χ3n) is 4.02. The summed E-state index contributed by atoms with van der Waals surface area (Å²) in [5, 5.41) is 5.39. The van der Waals surface area contributed by atoms with Gasteiger partial charge in [-0.25, -0.2) is 0 Å². The van der Waals surface area contributed by atoms with Crippen molar-refractivity contribution in [1.82, 2.24) is 10.3 Å². The predicted octanol–water partition coefficient (Wildman–Crippen LogP) is 2.43. The van der Waals surface area contributed by atoms with Crippen LogP contribution in [0, 0.1) is 5.92 Å². The van der Waals surface area contributed by atoms with E-state index in [0.717, 1.165) is 29.3 Å². The van der Waals surface area contributed by atoms with Gasteiger partial charge < -0.3 is 10.1 Å². The Kier molecular flexibility index (Phi) is 4.27. The van der Waals surface area contributed by atoms with Gasteiger partial charge in [-0.2, -0.15) is 0 Å². The number of nitrogens with one attached hydrogen (secondary N) is 1. The van der Waals surface area contributed by atoms with Gasteiger partial charge in [0.1, 0.15) is 0 Å². The minimum absolute atomic E-state index is 0.109. The highest BCUT2D eigenvalue weighted by Gasteiger charge is 2.34. The second kappa shape index (κ2) is 6.33. The molecule has 2 atom stereocenters. The molecule has 0 radical (unpaired) electrons. The molecule has 1 saturated heterocycles. The van der Waals surface area contributed by atoms with Crippen LogP contribution in [0.5, 0.6) is 0 Å². The number of carbonyl (C=O) groups is 1. The molecule has 0 bridgehead atoms. The van der Waals surface area contributed by atoms with E-state index in [1.165, 1.54) is 0 Å². The lowest BCUT2D eigenvalue weighted by atomic mass is 9.91. The van der Waals surface area contributed by atoms with Crippen LogP contribution >= 0.6 is 0 Å². The average molecular weight is 284 g/mol. The minimum atomic E-state index is -0.109. The molecule has 1 N–H and O–H groups in total. The Balaban J connectivity index is 1.89. The van der Waals surface area contributed by atoms with E-state index in [-0.39, 0.29) is 17.7 Å². The molecule has 1 fully saturated rings. The monoisotopic (exact) mass is 284 g/mol. The molecule has 3 rings (SSSR count). The van der Waals surface area contributed by atoms with Gasteiger partial charge in [-0.15, -0.1) is 0 Å². The van der Waals surface area contributed by atoms with E-state index in [2.05, 4.69) is 17.2 Å². The Labute approximate surface area is 124 Å². The summed E-state index contributed by atoms with van der Waals surface area (Å²) in [6, 6.07) is 7.88. The first-order valence-corrected chi connectivity index (χ1v) is 7.49. The fourth-order valence-corrected chi connectivity index (χ4v) is 2.87. The van der Waals surface area contributed by atoms with E-state index in [9.17, 15) is 4.79 Å². The van der Waals surface area contributed by atoms with E-state index >= 15 is 0 Å². The van der Waals surface area contributed by atoms with Gasteiger partial charge in [0.2, 0.25) is 0 Å². The zero-order valence-corrected chi connectivity index (χ0v) is 12.2. The number of ether oxygens (including phenoxy) is 1. The number of pyridine rings is 1. The van der Waals surface area contributed by atoms with E-state index in [1.807, 2.05) is 24.3 Å². The molecule has 1 aromatic heterocycles. The van der Waals surface area contributed by atoms with Crippen molar-refractivity contribution in [3.8, 4) is 0 Å². The van der Waals surface area contributed by atoms with E-state index in [1.54, 1.807) is 12.4 Å². The molecule has 2 heterocycles. The summed E-state index contributed by atoms with van der Waals surface area (Å²) in [4.78, 5) is 17.0. The van der Waals surface area contributed by atoms with Crippen LogP contribution in [0.2, 0.25) is 0 Å². The fourth-order valence-electron chi connectivity index (χ4n) is 2.87. The number of aromatic nitrogens is 1. The third kappa shape index (κ3) is 2.82. The molecule has 1 aliphatic heterocycles. The van der Waals surface area contributed by atoms with Gasteiger partial charge >= 0.3 is 0 Å². The molecular weight excluding hydrogens is 264 g/mol. The number of benzene rings is 1. The number of hydrogen-bond acceptors (Lipinski definition) is 4. The maximum atomic E-state index is 12.9. The second-order valence-electron chi connectivity index (χ2n) is 5.47. The van der Waals surface area contributed by atoms with Crippen molar-refractivity contribution in [1.29, 1.82) is 0 Å². The quantitative estimate of drug-likeness (QED) is 0.857. The van der Waals surface area contributed by atoms with Crippen molar-refractivity contribution >= 4 is 16.6 Å². The molecule has 1 aliphatic rings. The van der Waals surface area contributed by atoms with Crippen molar-refractivity contribution in [2.24, 2.45) is 5.92 Å². The fraction of sp³-hybridized carbons (Fsp3) is 0.412. The maximum Gasteiger partial charge on any atom is 0.170 e. The molecule has 0 aliphatic carbocycles. The lowest BCUT2D eigenvalue weighted by Gasteiger charge is -2.18. The molecule has 110 valence electrons. The van der Waals surface area contributed by atoms with Crippen molar-refractivity contribution in [3.63, 3.8) is 0 Å². The standard InChI is InChI=1S/C17H20N2O2/c1-2-7-19-16-11-21-10-15(16)17(20)13-5-3-4-12-6-8-18-9-14(12)13/h3-6,8-9,15-16,19H,2,7,10-11H2,1H3. The summed E-state index contributed by atoms with van der Waals surface area (Å²) in [5.41, 5.74) is 0.749. The molecule has 4 nitrogen and oxygen atoms in total. The first-order chi connectivity index (χ1) is 10.3. The first-order valence-electron chi connectivity index (χ1n) is 7.49. The van der Waals surface area contributed by atoms with Gasteiger partial charge in [0.05, 0.1) is 19.1 Å². The van der Waals surface area contributed by atoms with Gasteiger partial charge in [0.25, 0.3) is 0 Å². The zero-order chi connectivity index (χ0) is 14.7. The average Bonchev–Trinajstić information content (AvgIpc) is 3.00. The SMILES string of the molecule is CCCNC1COCC1C(=O)c1cccc2ccncc12. The van der Waals surface area contributed by atoms with Gasteiger partial charge in [0, 0.05) is 29.4 Å². The molecule has 2 unspecified atom stereocenters. The number of fused-ring (bicyclic) bond motifs is 1. The molecule has 0 amide bonds. The lowest BCUT2D eigenvalue weighted by Crippen LogP contribution is -2.39. The molecule has 2 aromatic rings. The van der Waals surface area contributed by atoms with Gasteiger partial charge in [-0.05, 0) is 24.4 Å². The molecule has 21 heavy (non-hydrogen) atoms. The summed E-state index contributed by atoms with van der Waals surface area (Å²) >= 11 is 0. The molecular formula is C17H20N2O2. The van der Waals surface area contributed by atoms with Crippen LogP contribution in [-0.4, -0.2) is 36.6 Å². The number of carbonyl (C=O) groups excluding carboxylic acids is 1. The normalized spacial score (nSPS) is 21.8. The van der Waals surface area contributed by atoms with Crippen molar-refractivity contribution in [3.05, 3.63) is 42.2 Å². The topological polar surface area (TPSA) is 51.2 Å². The number of hydrogen-bond donors (Lipinski definition) is 1.